The highest BCUT2D eigenvalue weighted by molar-refractivity contribution is 7.98. The lowest BCUT2D eigenvalue weighted by Gasteiger charge is -2.27. The smallest absolute Gasteiger partial charge is 0.326 e. The number of nitrogens with two attached hydrogens (primary N) is 1. The number of aliphatic hydroxyl groups is 1. The van der Waals surface area contributed by atoms with Gasteiger partial charge >= 0.3 is 5.97 Å². The van der Waals surface area contributed by atoms with E-state index in [1.807, 2.05) is 44.4 Å². The predicted molar refractivity (Wildman–Crippen MR) is 148 cm³/mol. The predicted octanol–water partition coefficient (Wildman–Crippen LogP) is 0.757. The molecule has 3 amide bonds. The normalized spacial score (nSPS) is 15.3. The van der Waals surface area contributed by atoms with Crippen LogP contribution >= 0.6 is 11.8 Å². The molecule has 8 N–H and O–H groups in total. The fourth-order valence-corrected chi connectivity index (χ4v) is 4.50. The number of aromatic amines is 1. The van der Waals surface area contributed by atoms with Crippen LogP contribution in [0.15, 0.2) is 30.5 Å². The average molecular weight is 550 g/mol. The van der Waals surface area contributed by atoms with E-state index in [-0.39, 0.29) is 25.2 Å². The van der Waals surface area contributed by atoms with Crippen molar-refractivity contribution in [3.63, 3.8) is 0 Å². The van der Waals surface area contributed by atoms with E-state index < -0.39 is 54.0 Å². The molecule has 5 atom stereocenters. The number of carbonyl (C=O) groups is 4. The van der Waals surface area contributed by atoms with Crippen molar-refractivity contribution in [2.45, 2.75) is 70.3 Å². The van der Waals surface area contributed by atoms with Gasteiger partial charge in [0.05, 0.1) is 12.1 Å². The number of aliphatic hydroxyl groups excluding tert-OH is 1. The first-order valence-corrected chi connectivity index (χ1v) is 13.9. The van der Waals surface area contributed by atoms with Crippen LogP contribution in [0.5, 0.6) is 0 Å². The maximum Gasteiger partial charge on any atom is 0.326 e. The molecular weight excluding hydrogens is 510 g/mol. The molecule has 0 saturated heterocycles. The van der Waals surface area contributed by atoms with E-state index in [1.54, 1.807) is 6.20 Å². The number of carboxylic acid groups (broad SMARTS) is 1. The van der Waals surface area contributed by atoms with E-state index in [2.05, 4.69) is 20.9 Å². The summed E-state index contributed by atoms with van der Waals surface area (Å²) < 4.78 is 0. The largest absolute Gasteiger partial charge is 0.480 e. The Labute approximate surface area is 226 Å². The molecule has 2 rings (SSSR count). The molecule has 38 heavy (non-hydrogen) atoms. The van der Waals surface area contributed by atoms with Crippen molar-refractivity contribution < 1.29 is 29.4 Å². The van der Waals surface area contributed by atoms with Crippen molar-refractivity contribution in [1.29, 1.82) is 0 Å². The molecule has 0 radical (unpaired) electrons. The number of hydrogen-bond donors (Lipinski definition) is 7. The zero-order valence-corrected chi connectivity index (χ0v) is 23.0. The van der Waals surface area contributed by atoms with Gasteiger partial charge in [0.2, 0.25) is 17.7 Å². The van der Waals surface area contributed by atoms with Gasteiger partial charge in [0.15, 0.2) is 0 Å². The standard InChI is InChI=1S/C26H39N5O6S/c1-14(2)11-21(30-23(33)18(27)12-16-13-28-19-8-6-5-7-17(16)19)24(34)31-22(15(3)32)25(35)29-20(26(36)37)9-10-38-4/h5-8,13-15,18,20-22,28,32H,9-12,27H2,1-4H3,(H,29,35)(H,30,33)(H,31,34)(H,36,37). The van der Waals surface area contributed by atoms with Crippen molar-refractivity contribution in [3.8, 4) is 0 Å². The summed E-state index contributed by atoms with van der Waals surface area (Å²) in [5.74, 6) is -2.73. The molecular formula is C26H39N5O6S. The van der Waals surface area contributed by atoms with E-state index in [0.717, 1.165) is 16.5 Å². The van der Waals surface area contributed by atoms with Gasteiger partial charge in [-0.15, -0.1) is 0 Å². The maximum absolute atomic E-state index is 13.2. The van der Waals surface area contributed by atoms with Crippen LogP contribution in [0.4, 0.5) is 0 Å². The number of para-hydroxylation sites is 1. The molecule has 0 aliphatic carbocycles. The zero-order valence-electron chi connectivity index (χ0n) is 22.2. The first-order valence-electron chi connectivity index (χ1n) is 12.6. The van der Waals surface area contributed by atoms with Gasteiger partial charge in [-0.05, 0) is 55.7 Å². The number of carbonyl (C=O) groups excluding carboxylic acids is 3. The highest BCUT2D eigenvalue weighted by Crippen LogP contribution is 2.19. The van der Waals surface area contributed by atoms with Gasteiger partial charge in [0.1, 0.15) is 18.1 Å². The average Bonchev–Trinajstić information content (AvgIpc) is 3.26. The van der Waals surface area contributed by atoms with Crippen LogP contribution in [0, 0.1) is 5.92 Å². The Bertz CT molecular complexity index is 1100. The van der Waals surface area contributed by atoms with Gasteiger partial charge in [0, 0.05) is 17.1 Å². The summed E-state index contributed by atoms with van der Waals surface area (Å²) in [4.78, 5) is 53.6. The lowest BCUT2D eigenvalue weighted by molar-refractivity contribution is -0.143. The molecule has 0 bridgehead atoms. The summed E-state index contributed by atoms with van der Waals surface area (Å²) in [6.07, 6.45) is 2.99. The number of hydrogen-bond acceptors (Lipinski definition) is 7. The van der Waals surface area contributed by atoms with Crippen LogP contribution in [0.1, 0.15) is 39.2 Å². The Balaban J connectivity index is 2.10. The quantitative estimate of drug-likeness (QED) is 0.170. The molecule has 12 heteroatoms. The molecule has 0 aliphatic rings. The number of rotatable bonds is 15. The molecule has 0 aliphatic heterocycles. The molecule has 1 aromatic carbocycles. The van der Waals surface area contributed by atoms with Gasteiger partial charge in [-0.2, -0.15) is 11.8 Å². The van der Waals surface area contributed by atoms with E-state index in [0.29, 0.717) is 5.75 Å². The molecule has 11 nitrogen and oxygen atoms in total. The van der Waals surface area contributed by atoms with Gasteiger partial charge in [-0.25, -0.2) is 4.79 Å². The second kappa shape index (κ2) is 14.7. The van der Waals surface area contributed by atoms with E-state index in [9.17, 15) is 29.4 Å². The van der Waals surface area contributed by atoms with E-state index >= 15 is 0 Å². The third-order valence-electron chi connectivity index (χ3n) is 6.08. The maximum atomic E-state index is 13.2. The van der Waals surface area contributed by atoms with Crippen molar-refractivity contribution in [3.05, 3.63) is 36.0 Å². The summed E-state index contributed by atoms with van der Waals surface area (Å²) >= 11 is 1.43. The molecule has 1 aromatic heterocycles. The summed E-state index contributed by atoms with van der Waals surface area (Å²) in [6.45, 7) is 5.07. The number of H-pyrrole nitrogens is 1. The highest BCUT2D eigenvalue weighted by atomic mass is 32.2. The number of benzene rings is 1. The first kappa shape index (κ1) is 31.1. The Morgan fingerprint density at radius 1 is 1.00 bits per heavy atom. The fourth-order valence-electron chi connectivity index (χ4n) is 4.03. The number of nitrogens with one attached hydrogen (secondary N) is 4. The Kier molecular flexibility index (Phi) is 12.1. The summed E-state index contributed by atoms with van der Waals surface area (Å²) in [5.41, 5.74) is 7.97. The van der Waals surface area contributed by atoms with Crippen LogP contribution in [0.2, 0.25) is 0 Å². The minimum Gasteiger partial charge on any atom is -0.480 e. The monoisotopic (exact) mass is 549 g/mol. The summed E-state index contributed by atoms with van der Waals surface area (Å²) in [6, 6.07) is 3.12. The van der Waals surface area contributed by atoms with Crippen LogP contribution in [0.3, 0.4) is 0 Å². The van der Waals surface area contributed by atoms with Crippen molar-refractivity contribution in [1.82, 2.24) is 20.9 Å². The van der Waals surface area contributed by atoms with E-state index in [1.165, 1.54) is 18.7 Å². The Hall–Kier alpha value is -3.09. The summed E-state index contributed by atoms with van der Waals surface area (Å²) in [7, 11) is 0. The highest BCUT2D eigenvalue weighted by Gasteiger charge is 2.33. The Morgan fingerprint density at radius 3 is 2.26 bits per heavy atom. The number of fused-ring (bicyclic) bond motifs is 1. The third-order valence-corrected chi connectivity index (χ3v) is 6.72. The lowest BCUT2D eigenvalue weighted by atomic mass is 10.0. The second-order valence-electron chi connectivity index (χ2n) is 9.77. The number of aliphatic carboxylic acids is 1. The van der Waals surface area contributed by atoms with Crippen LogP contribution in [-0.2, 0) is 25.6 Å². The second-order valence-corrected chi connectivity index (χ2v) is 10.8. The molecule has 0 fully saturated rings. The number of amides is 3. The minimum absolute atomic E-state index is 0.0117. The molecule has 0 spiro atoms. The lowest BCUT2D eigenvalue weighted by Crippen LogP contribution is -2.60. The van der Waals surface area contributed by atoms with Crippen molar-refractivity contribution in [2.24, 2.45) is 11.7 Å². The molecule has 210 valence electrons. The first-order chi connectivity index (χ1) is 17.9. The van der Waals surface area contributed by atoms with Crippen LogP contribution in [-0.4, -0.2) is 81.2 Å². The van der Waals surface area contributed by atoms with Crippen LogP contribution < -0.4 is 21.7 Å². The van der Waals surface area contributed by atoms with Crippen LogP contribution in [0.25, 0.3) is 10.9 Å². The molecule has 0 saturated carbocycles. The zero-order chi connectivity index (χ0) is 28.4. The Morgan fingerprint density at radius 2 is 1.66 bits per heavy atom. The topological polar surface area (TPSA) is 187 Å². The van der Waals surface area contributed by atoms with E-state index in [4.69, 9.17) is 5.73 Å². The number of aromatic nitrogens is 1. The SMILES string of the molecule is CSCCC(NC(=O)C(NC(=O)C(CC(C)C)NC(=O)C(N)Cc1c[nH]c2ccccc12)C(C)O)C(=O)O. The fraction of sp³-hybridized carbons (Fsp3) is 0.538. The van der Waals surface area contributed by atoms with Crippen molar-refractivity contribution in [2.75, 3.05) is 12.0 Å². The van der Waals surface area contributed by atoms with Gasteiger partial charge < -0.3 is 36.9 Å². The molecule has 5 unspecified atom stereocenters. The minimum atomic E-state index is -1.41. The van der Waals surface area contributed by atoms with Gasteiger partial charge in [-0.3, -0.25) is 14.4 Å². The summed E-state index contributed by atoms with van der Waals surface area (Å²) in [5, 5.41) is 28.1. The van der Waals surface area contributed by atoms with Gasteiger partial charge in [-0.1, -0.05) is 32.0 Å². The van der Waals surface area contributed by atoms with Crippen molar-refractivity contribution >= 4 is 46.4 Å². The third kappa shape index (κ3) is 9.03. The molecule has 1 heterocycles. The van der Waals surface area contributed by atoms with Gasteiger partial charge in [0.25, 0.3) is 0 Å². The number of carboxylic acids is 1. The molecule has 2 aromatic rings. The number of thioether (sulfide) groups is 1.